The minimum Gasteiger partial charge on any atom is -0.382 e. The molecule has 0 radical (unpaired) electrons. The number of hydrogen-bond acceptors (Lipinski definition) is 5. The van der Waals surface area contributed by atoms with Crippen molar-refractivity contribution in [1.29, 1.82) is 0 Å². The second-order valence-corrected chi connectivity index (χ2v) is 8.60. The summed E-state index contributed by atoms with van der Waals surface area (Å²) >= 11 is 0. The summed E-state index contributed by atoms with van der Waals surface area (Å²) in [6.07, 6.45) is 5.52. The van der Waals surface area contributed by atoms with Crippen LogP contribution < -0.4 is 5.32 Å². The van der Waals surface area contributed by atoms with Crippen molar-refractivity contribution in [2.75, 3.05) is 5.32 Å². The van der Waals surface area contributed by atoms with E-state index in [1.807, 2.05) is 54.9 Å². The van der Waals surface area contributed by atoms with Gasteiger partial charge in [0.05, 0.1) is 27.9 Å². The molecule has 0 saturated carbocycles. The van der Waals surface area contributed by atoms with Crippen molar-refractivity contribution in [3.05, 3.63) is 79.3 Å². The first kappa shape index (κ1) is 20.1. The average molecular weight is 446 g/mol. The van der Waals surface area contributed by atoms with E-state index in [1.165, 1.54) is 0 Å². The summed E-state index contributed by atoms with van der Waals surface area (Å²) in [5.74, 6) is 0.718. The number of H-pyrrole nitrogens is 2. The van der Waals surface area contributed by atoms with Crippen LogP contribution in [0.2, 0.25) is 0 Å². The van der Waals surface area contributed by atoms with Gasteiger partial charge in [-0.2, -0.15) is 5.10 Å². The Morgan fingerprint density at radius 2 is 1.82 bits per heavy atom. The van der Waals surface area contributed by atoms with Gasteiger partial charge in [0.15, 0.2) is 5.82 Å². The van der Waals surface area contributed by atoms with Crippen LogP contribution in [0.25, 0.3) is 55.8 Å². The third-order valence-corrected chi connectivity index (χ3v) is 5.77. The molecule has 0 saturated heterocycles. The van der Waals surface area contributed by atoms with E-state index in [2.05, 4.69) is 62.5 Å². The molecule has 0 atom stereocenters. The summed E-state index contributed by atoms with van der Waals surface area (Å²) in [6.45, 7) is 4.23. The van der Waals surface area contributed by atoms with Gasteiger partial charge in [-0.3, -0.25) is 15.1 Å². The Labute approximate surface area is 196 Å². The fourth-order valence-corrected chi connectivity index (χ4v) is 4.26. The number of anilines is 1. The highest BCUT2D eigenvalue weighted by atomic mass is 15.1. The van der Waals surface area contributed by atoms with Gasteiger partial charge in [-0.25, -0.2) is 4.98 Å². The molecule has 6 aromatic rings. The lowest BCUT2D eigenvalue weighted by Crippen LogP contribution is -2.09. The third-order valence-electron chi connectivity index (χ3n) is 5.77. The molecule has 4 heterocycles. The number of fused-ring (bicyclic) bond motifs is 2. The number of rotatable bonds is 5. The predicted molar refractivity (Wildman–Crippen MR) is 136 cm³/mol. The third kappa shape index (κ3) is 3.57. The number of pyridine rings is 2. The Morgan fingerprint density at radius 3 is 2.68 bits per heavy atom. The highest BCUT2D eigenvalue weighted by Crippen LogP contribution is 2.33. The van der Waals surface area contributed by atoms with Gasteiger partial charge in [-0.1, -0.05) is 24.3 Å². The summed E-state index contributed by atoms with van der Waals surface area (Å²) in [5, 5.41) is 12.2. The molecule has 7 heteroatoms. The van der Waals surface area contributed by atoms with Gasteiger partial charge in [-0.15, -0.1) is 0 Å². The second-order valence-electron chi connectivity index (χ2n) is 8.60. The van der Waals surface area contributed by atoms with Crippen LogP contribution in [-0.2, 0) is 0 Å². The normalized spacial score (nSPS) is 11.5. The summed E-state index contributed by atoms with van der Waals surface area (Å²) in [4.78, 5) is 17.3. The van der Waals surface area contributed by atoms with E-state index in [0.29, 0.717) is 6.04 Å². The van der Waals surface area contributed by atoms with Crippen molar-refractivity contribution < 1.29 is 0 Å². The largest absolute Gasteiger partial charge is 0.382 e. The minimum atomic E-state index is 0.337. The van der Waals surface area contributed by atoms with Gasteiger partial charge in [0.25, 0.3) is 0 Å². The van der Waals surface area contributed by atoms with Crippen LogP contribution in [0.4, 0.5) is 5.69 Å². The lowest BCUT2D eigenvalue weighted by Gasteiger charge is -2.11. The number of aromatic nitrogens is 6. The van der Waals surface area contributed by atoms with E-state index < -0.39 is 0 Å². The number of aromatic amines is 2. The van der Waals surface area contributed by atoms with Gasteiger partial charge in [0.2, 0.25) is 0 Å². The highest BCUT2D eigenvalue weighted by Gasteiger charge is 2.16. The first-order chi connectivity index (χ1) is 16.7. The maximum Gasteiger partial charge on any atom is 0.159 e. The molecule has 0 aliphatic rings. The molecule has 3 N–H and O–H groups in total. The predicted octanol–water partition coefficient (Wildman–Crippen LogP) is 6.05. The summed E-state index contributed by atoms with van der Waals surface area (Å²) < 4.78 is 0. The van der Waals surface area contributed by atoms with Crippen molar-refractivity contribution in [3.63, 3.8) is 0 Å². The quantitative estimate of drug-likeness (QED) is 0.300. The van der Waals surface area contributed by atoms with Crippen molar-refractivity contribution in [3.8, 4) is 33.9 Å². The molecule has 34 heavy (non-hydrogen) atoms. The van der Waals surface area contributed by atoms with Crippen molar-refractivity contribution in [2.24, 2.45) is 0 Å². The summed E-state index contributed by atoms with van der Waals surface area (Å²) in [5.41, 5.74) is 8.55. The molecule has 0 fully saturated rings. The molecule has 2 aromatic carbocycles. The average Bonchev–Trinajstić information content (AvgIpc) is 3.48. The SMILES string of the molecule is CC(C)Nc1cncc(-c2ccc3[nH]nc(-c4nc5c(-c6ccccn6)cccc5[nH]4)c3c2)c1. The maximum atomic E-state index is 4.93. The first-order valence-electron chi connectivity index (χ1n) is 11.3. The van der Waals surface area contributed by atoms with Crippen LogP contribution >= 0.6 is 0 Å². The molecule has 0 aliphatic carbocycles. The molecule has 6 rings (SSSR count). The topological polar surface area (TPSA) is 95.2 Å². The molecule has 0 unspecified atom stereocenters. The van der Waals surface area contributed by atoms with Gasteiger partial charge >= 0.3 is 0 Å². The molecule has 0 amide bonds. The van der Waals surface area contributed by atoms with Crippen LogP contribution in [0, 0.1) is 0 Å². The van der Waals surface area contributed by atoms with E-state index in [0.717, 1.165) is 61.5 Å². The van der Waals surface area contributed by atoms with Crippen LogP contribution in [0.5, 0.6) is 0 Å². The number of para-hydroxylation sites is 1. The summed E-state index contributed by atoms with van der Waals surface area (Å²) in [6, 6.07) is 20.7. The maximum absolute atomic E-state index is 4.93. The van der Waals surface area contributed by atoms with Gasteiger partial charge < -0.3 is 10.3 Å². The Bertz CT molecular complexity index is 1610. The van der Waals surface area contributed by atoms with Gasteiger partial charge in [0, 0.05) is 41.1 Å². The van der Waals surface area contributed by atoms with Crippen molar-refractivity contribution >= 4 is 27.6 Å². The zero-order valence-corrected chi connectivity index (χ0v) is 18.9. The Kier molecular flexibility index (Phi) is 4.80. The van der Waals surface area contributed by atoms with Crippen molar-refractivity contribution in [1.82, 2.24) is 30.1 Å². The van der Waals surface area contributed by atoms with Crippen molar-refractivity contribution in [2.45, 2.75) is 19.9 Å². The molecular formula is C27H23N7. The molecule has 4 aromatic heterocycles. The Hall–Kier alpha value is -4.52. The Balaban J connectivity index is 1.45. The number of benzene rings is 2. The molecule has 0 spiro atoms. The monoisotopic (exact) mass is 445 g/mol. The lowest BCUT2D eigenvalue weighted by molar-refractivity contribution is 0.898. The lowest BCUT2D eigenvalue weighted by atomic mass is 10.0. The van der Waals surface area contributed by atoms with E-state index >= 15 is 0 Å². The molecule has 0 bridgehead atoms. The number of nitrogens with zero attached hydrogens (tertiary/aromatic N) is 4. The molecule has 166 valence electrons. The fourth-order valence-electron chi connectivity index (χ4n) is 4.26. The van der Waals surface area contributed by atoms with Crippen LogP contribution in [0.15, 0.2) is 79.3 Å². The van der Waals surface area contributed by atoms with Crippen LogP contribution in [0.3, 0.4) is 0 Å². The van der Waals surface area contributed by atoms with E-state index in [1.54, 1.807) is 6.20 Å². The van der Waals surface area contributed by atoms with Gasteiger partial charge in [0.1, 0.15) is 5.69 Å². The summed E-state index contributed by atoms with van der Waals surface area (Å²) in [7, 11) is 0. The zero-order valence-electron chi connectivity index (χ0n) is 18.9. The fraction of sp³-hybridized carbons (Fsp3) is 0.111. The van der Waals surface area contributed by atoms with E-state index in [-0.39, 0.29) is 0 Å². The Morgan fingerprint density at radius 1 is 0.882 bits per heavy atom. The van der Waals surface area contributed by atoms with E-state index in [4.69, 9.17) is 4.98 Å². The molecular weight excluding hydrogens is 422 g/mol. The standard InChI is InChI=1S/C27H23N7/c1-16(2)30-19-12-18(14-28-15-19)17-9-10-23-21(13-17)26(34-33-23)27-31-24-8-5-6-20(25(24)32-27)22-7-3-4-11-29-22/h3-16,30H,1-2H3,(H,31,32)(H,33,34). The first-order valence-corrected chi connectivity index (χ1v) is 11.3. The molecule has 7 nitrogen and oxygen atoms in total. The number of nitrogens with one attached hydrogen (secondary N) is 3. The number of hydrogen-bond donors (Lipinski definition) is 3. The smallest absolute Gasteiger partial charge is 0.159 e. The highest BCUT2D eigenvalue weighted by molar-refractivity contribution is 5.98. The second kappa shape index (κ2) is 8.12. The van der Waals surface area contributed by atoms with E-state index in [9.17, 15) is 0 Å². The molecule has 0 aliphatic heterocycles. The zero-order chi connectivity index (χ0) is 23.1. The minimum absolute atomic E-state index is 0.337. The van der Waals surface area contributed by atoms with Gasteiger partial charge in [-0.05, 0) is 55.8 Å². The van der Waals surface area contributed by atoms with Crippen LogP contribution in [0.1, 0.15) is 13.8 Å². The van der Waals surface area contributed by atoms with Crippen LogP contribution in [-0.4, -0.2) is 36.2 Å². The number of imidazole rings is 1.